The molecule has 2 aromatic rings. The summed E-state index contributed by atoms with van der Waals surface area (Å²) >= 11 is 5.93. The number of amides is 1. The lowest BCUT2D eigenvalue weighted by atomic mass is 9.97. The number of anilines is 1. The van der Waals surface area contributed by atoms with Crippen LogP contribution < -0.4 is 10.1 Å². The maximum absolute atomic E-state index is 12.4. The second-order valence-electron chi connectivity index (χ2n) is 5.60. The number of nitrogens with one attached hydrogen (secondary N) is 1. The van der Waals surface area contributed by atoms with Gasteiger partial charge in [0, 0.05) is 10.7 Å². The van der Waals surface area contributed by atoms with E-state index in [-0.39, 0.29) is 5.91 Å². The van der Waals surface area contributed by atoms with E-state index < -0.39 is 6.10 Å². The number of benzene rings is 2. The van der Waals surface area contributed by atoms with Crippen molar-refractivity contribution in [3.05, 3.63) is 59.1 Å². The lowest BCUT2D eigenvalue weighted by Crippen LogP contribution is -2.30. The standard InChI is InChI=1S/C19H22ClNO2/c1-4-13(2)17-10-5-6-11-18(17)21-19(22)14(3)23-16-9-7-8-15(20)12-16/h5-14H,4H2,1-3H3,(H,21,22)/t13-,14-/m1/s1. The Morgan fingerprint density at radius 2 is 1.91 bits per heavy atom. The molecule has 0 radical (unpaired) electrons. The van der Waals surface area contributed by atoms with Crippen molar-refractivity contribution < 1.29 is 9.53 Å². The van der Waals surface area contributed by atoms with Crippen LogP contribution in [0, 0.1) is 0 Å². The number of ether oxygens (including phenoxy) is 1. The summed E-state index contributed by atoms with van der Waals surface area (Å²) in [6, 6.07) is 14.9. The summed E-state index contributed by atoms with van der Waals surface area (Å²) in [6.07, 6.45) is 0.403. The zero-order valence-electron chi connectivity index (χ0n) is 13.7. The largest absolute Gasteiger partial charge is 0.481 e. The fourth-order valence-corrected chi connectivity index (χ4v) is 2.47. The molecule has 0 aliphatic rings. The fourth-order valence-electron chi connectivity index (χ4n) is 2.29. The molecule has 0 aliphatic heterocycles. The molecule has 4 heteroatoms. The van der Waals surface area contributed by atoms with E-state index in [2.05, 4.69) is 19.2 Å². The molecule has 0 spiro atoms. The van der Waals surface area contributed by atoms with Gasteiger partial charge >= 0.3 is 0 Å². The van der Waals surface area contributed by atoms with Crippen LogP contribution in [0.4, 0.5) is 5.69 Å². The normalized spacial score (nSPS) is 13.2. The van der Waals surface area contributed by atoms with Crippen molar-refractivity contribution >= 4 is 23.2 Å². The first-order valence-electron chi connectivity index (χ1n) is 7.83. The minimum absolute atomic E-state index is 0.180. The van der Waals surface area contributed by atoms with E-state index in [1.807, 2.05) is 24.3 Å². The molecule has 2 aromatic carbocycles. The molecule has 0 aliphatic carbocycles. The number of rotatable bonds is 6. The lowest BCUT2D eigenvalue weighted by Gasteiger charge is -2.18. The second-order valence-corrected chi connectivity index (χ2v) is 6.04. The summed E-state index contributed by atoms with van der Waals surface area (Å²) in [4.78, 5) is 12.4. The minimum Gasteiger partial charge on any atom is -0.481 e. The highest BCUT2D eigenvalue weighted by Crippen LogP contribution is 2.27. The topological polar surface area (TPSA) is 38.3 Å². The quantitative estimate of drug-likeness (QED) is 0.784. The summed E-state index contributed by atoms with van der Waals surface area (Å²) in [7, 11) is 0. The van der Waals surface area contributed by atoms with Gasteiger partial charge in [-0.2, -0.15) is 0 Å². The third kappa shape index (κ3) is 4.73. The van der Waals surface area contributed by atoms with Crippen molar-refractivity contribution in [1.82, 2.24) is 0 Å². The van der Waals surface area contributed by atoms with E-state index in [0.717, 1.165) is 17.7 Å². The fraction of sp³-hybridized carbons (Fsp3) is 0.316. The summed E-state index contributed by atoms with van der Waals surface area (Å²) < 4.78 is 5.66. The molecule has 0 aromatic heterocycles. The predicted octanol–water partition coefficient (Wildman–Crippen LogP) is 5.26. The Bertz CT molecular complexity index is 672. The number of hydrogen-bond donors (Lipinski definition) is 1. The SMILES string of the molecule is CC[C@@H](C)c1ccccc1NC(=O)[C@@H](C)Oc1cccc(Cl)c1. The van der Waals surface area contributed by atoms with Crippen LogP contribution >= 0.6 is 11.6 Å². The van der Waals surface area contributed by atoms with Crippen molar-refractivity contribution in [1.29, 1.82) is 0 Å². The Hall–Kier alpha value is -2.00. The summed E-state index contributed by atoms with van der Waals surface area (Å²) in [5, 5.41) is 3.54. The Morgan fingerprint density at radius 3 is 2.61 bits per heavy atom. The summed E-state index contributed by atoms with van der Waals surface area (Å²) in [6.45, 7) is 6.01. The molecule has 1 amide bonds. The van der Waals surface area contributed by atoms with Gasteiger partial charge in [0.1, 0.15) is 5.75 Å². The van der Waals surface area contributed by atoms with Crippen LogP contribution in [0.2, 0.25) is 5.02 Å². The Balaban J connectivity index is 2.07. The first-order chi connectivity index (χ1) is 11.0. The van der Waals surface area contributed by atoms with Gasteiger partial charge in [0.2, 0.25) is 0 Å². The first-order valence-corrected chi connectivity index (χ1v) is 8.21. The van der Waals surface area contributed by atoms with Crippen molar-refractivity contribution in [3.63, 3.8) is 0 Å². The second kappa shape index (κ2) is 8.02. The Labute approximate surface area is 142 Å². The molecular weight excluding hydrogens is 310 g/mol. The maximum Gasteiger partial charge on any atom is 0.265 e. The van der Waals surface area contributed by atoms with E-state index >= 15 is 0 Å². The average molecular weight is 332 g/mol. The van der Waals surface area contributed by atoms with Crippen molar-refractivity contribution in [2.24, 2.45) is 0 Å². The van der Waals surface area contributed by atoms with Gasteiger partial charge in [0.25, 0.3) is 5.91 Å². The third-order valence-corrected chi connectivity index (χ3v) is 4.08. The number of para-hydroxylation sites is 1. The van der Waals surface area contributed by atoms with Gasteiger partial charge in [0.05, 0.1) is 0 Å². The molecule has 2 atom stereocenters. The van der Waals surface area contributed by atoms with E-state index in [0.29, 0.717) is 16.7 Å². The van der Waals surface area contributed by atoms with E-state index in [4.69, 9.17) is 16.3 Å². The van der Waals surface area contributed by atoms with Crippen molar-refractivity contribution in [2.45, 2.75) is 39.2 Å². The average Bonchev–Trinajstić information content (AvgIpc) is 2.54. The summed E-state index contributed by atoms with van der Waals surface area (Å²) in [5.74, 6) is 0.784. The molecule has 1 N–H and O–H groups in total. The molecule has 2 rings (SSSR count). The van der Waals surface area contributed by atoms with Crippen LogP contribution in [0.3, 0.4) is 0 Å². The molecule has 0 fully saturated rings. The van der Waals surface area contributed by atoms with Crippen LogP contribution in [0.15, 0.2) is 48.5 Å². The Morgan fingerprint density at radius 1 is 1.17 bits per heavy atom. The van der Waals surface area contributed by atoms with Gasteiger partial charge in [-0.3, -0.25) is 4.79 Å². The van der Waals surface area contributed by atoms with Gasteiger partial charge < -0.3 is 10.1 Å². The monoisotopic (exact) mass is 331 g/mol. The molecule has 0 saturated carbocycles. The molecular formula is C19H22ClNO2. The third-order valence-electron chi connectivity index (χ3n) is 3.84. The number of halogens is 1. The number of hydrogen-bond acceptors (Lipinski definition) is 2. The Kier molecular flexibility index (Phi) is 6.05. The maximum atomic E-state index is 12.4. The van der Waals surface area contributed by atoms with E-state index in [1.165, 1.54) is 0 Å². The number of carbonyl (C=O) groups excluding carboxylic acids is 1. The summed E-state index contributed by atoms with van der Waals surface area (Å²) in [5.41, 5.74) is 1.98. The lowest BCUT2D eigenvalue weighted by molar-refractivity contribution is -0.122. The first kappa shape index (κ1) is 17.4. The smallest absolute Gasteiger partial charge is 0.265 e. The van der Waals surface area contributed by atoms with Gasteiger partial charge in [-0.05, 0) is 49.1 Å². The van der Waals surface area contributed by atoms with Gasteiger partial charge in [0.15, 0.2) is 6.10 Å². The zero-order valence-corrected chi connectivity index (χ0v) is 14.4. The van der Waals surface area contributed by atoms with E-state index in [9.17, 15) is 4.79 Å². The zero-order chi connectivity index (χ0) is 16.8. The molecule has 0 saturated heterocycles. The highest BCUT2D eigenvalue weighted by molar-refractivity contribution is 6.30. The highest BCUT2D eigenvalue weighted by atomic mass is 35.5. The predicted molar refractivity (Wildman–Crippen MR) is 95.3 cm³/mol. The molecule has 0 unspecified atom stereocenters. The van der Waals surface area contributed by atoms with Crippen molar-refractivity contribution in [2.75, 3.05) is 5.32 Å². The van der Waals surface area contributed by atoms with Crippen molar-refractivity contribution in [3.8, 4) is 5.75 Å². The molecule has 23 heavy (non-hydrogen) atoms. The van der Waals surface area contributed by atoms with Crippen LogP contribution in [-0.4, -0.2) is 12.0 Å². The molecule has 3 nitrogen and oxygen atoms in total. The van der Waals surface area contributed by atoms with Gasteiger partial charge in [-0.1, -0.05) is 49.7 Å². The minimum atomic E-state index is -0.613. The molecule has 0 heterocycles. The van der Waals surface area contributed by atoms with Gasteiger partial charge in [-0.25, -0.2) is 0 Å². The van der Waals surface area contributed by atoms with Gasteiger partial charge in [-0.15, -0.1) is 0 Å². The van der Waals surface area contributed by atoms with Crippen LogP contribution in [0.5, 0.6) is 5.75 Å². The van der Waals surface area contributed by atoms with Crippen LogP contribution in [-0.2, 0) is 4.79 Å². The highest BCUT2D eigenvalue weighted by Gasteiger charge is 2.17. The number of carbonyl (C=O) groups is 1. The van der Waals surface area contributed by atoms with Crippen LogP contribution in [0.1, 0.15) is 38.7 Å². The molecule has 122 valence electrons. The van der Waals surface area contributed by atoms with E-state index in [1.54, 1.807) is 31.2 Å². The van der Waals surface area contributed by atoms with Crippen LogP contribution in [0.25, 0.3) is 0 Å². The molecule has 0 bridgehead atoms.